The molecule has 3 rings (SSSR count). The Labute approximate surface area is 149 Å². The summed E-state index contributed by atoms with van der Waals surface area (Å²) in [4.78, 5) is 42.8. The molecule has 0 saturated carbocycles. The van der Waals surface area contributed by atoms with Crippen molar-refractivity contribution in [2.75, 3.05) is 4.90 Å². The lowest BCUT2D eigenvalue weighted by Gasteiger charge is -2.30. The van der Waals surface area contributed by atoms with Gasteiger partial charge >= 0.3 is 12.0 Å². The van der Waals surface area contributed by atoms with Gasteiger partial charge in [-0.15, -0.1) is 0 Å². The number of carboxylic acid groups (broad SMARTS) is 1. The van der Waals surface area contributed by atoms with E-state index in [0.29, 0.717) is 0 Å². The zero-order valence-electron chi connectivity index (χ0n) is 14.2. The molecule has 134 valence electrons. The molecule has 1 saturated heterocycles. The maximum Gasteiger partial charge on any atom is 0.335 e. The molecule has 1 atom stereocenters. The average molecular weight is 355 g/mol. The zero-order chi connectivity index (χ0) is 19.1. The molecule has 1 aromatic heterocycles. The van der Waals surface area contributed by atoms with Crippen LogP contribution >= 0.6 is 0 Å². The summed E-state index contributed by atoms with van der Waals surface area (Å²) >= 11 is 0. The first-order chi connectivity index (χ1) is 12.3. The highest BCUT2D eigenvalue weighted by molar-refractivity contribution is 6.16. The maximum absolute atomic E-state index is 13.0. The Morgan fingerprint density at radius 1 is 1.15 bits per heavy atom. The summed E-state index contributed by atoms with van der Waals surface area (Å²) in [5, 5.41) is 20.3. The number of amides is 3. The molecule has 1 aliphatic rings. The fourth-order valence-corrected chi connectivity index (χ4v) is 2.93. The first-order valence-corrected chi connectivity index (χ1v) is 7.92. The molecule has 3 amide bonds. The Hall–Kier alpha value is -3.26. The number of imide groups is 1. The number of hydrogen-bond acceptors (Lipinski definition) is 5. The number of rotatable bonds is 4. The Kier molecular flexibility index (Phi) is 4.21. The largest absolute Gasteiger partial charge is 0.478 e. The van der Waals surface area contributed by atoms with E-state index in [-0.39, 0.29) is 16.8 Å². The molecule has 2 aromatic rings. The number of pyridine rings is 1. The van der Waals surface area contributed by atoms with Gasteiger partial charge in [0.2, 0.25) is 0 Å². The number of carboxylic acids is 1. The second kappa shape index (κ2) is 6.23. The van der Waals surface area contributed by atoms with Crippen molar-refractivity contribution in [1.29, 1.82) is 0 Å². The lowest BCUT2D eigenvalue weighted by Crippen LogP contribution is -2.47. The van der Waals surface area contributed by atoms with Crippen LogP contribution in [0.15, 0.2) is 48.8 Å². The molecular weight excluding hydrogens is 338 g/mol. The highest BCUT2D eigenvalue weighted by Crippen LogP contribution is 2.39. The van der Waals surface area contributed by atoms with Crippen molar-refractivity contribution < 1.29 is 24.6 Å². The molecule has 0 radical (unpaired) electrons. The van der Waals surface area contributed by atoms with Crippen LogP contribution in [-0.2, 0) is 10.5 Å². The number of carbonyl (C=O) groups excluding carboxylic acids is 2. The molecule has 8 heteroatoms. The predicted octanol–water partition coefficient (Wildman–Crippen LogP) is 1.80. The summed E-state index contributed by atoms with van der Waals surface area (Å²) in [6.45, 7) is 3.33. The van der Waals surface area contributed by atoms with Crippen molar-refractivity contribution in [1.82, 2.24) is 9.88 Å². The molecular formula is C18H17N3O5. The average Bonchev–Trinajstić information content (AvgIpc) is 2.82. The lowest BCUT2D eigenvalue weighted by atomic mass is 9.99. The third kappa shape index (κ3) is 2.51. The van der Waals surface area contributed by atoms with Gasteiger partial charge in [-0.2, -0.15) is 0 Å². The van der Waals surface area contributed by atoms with E-state index in [1.54, 1.807) is 26.0 Å². The Morgan fingerprint density at radius 3 is 2.31 bits per heavy atom. The van der Waals surface area contributed by atoms with Crippen LogP contribution in [0.5, 0.6) is 0 Å². The van der Waals surface area contributed by atoms with Gasteiger partial charge in [-0.05, 0) is 38.1 Å². The minimum Gasteiger partial charge on any atom is -0.478 e. The van der Waals surface area contributed by atoms with Crippen LogP contribution in [0.4, 0.5) is 10.5 Å². The predicted molar refractivity (Wildman–Crippen MR) is 91.4 cm³/mol. The Morgan fingerprint density at radius 2 is 1.81 bits per heavy atom. The highest BCUT2D eigenvalue weighted by Gasteiger charge is 2.59. The van der Waals surface area contributed by atoms with E-state index in [0.717, 1.165) is 9.80 Å². The molecule has 2 N–H and O–H groups in total. The summed E-state index contributed by atoms with van der Waals surface area (Å²) in [6.07, 6.45) is 2.87. The number of aliphatic hydroxyl groups is 1. The van der Waals surface area contributed by atoms with Crippen LogP contribution in [0.2, 0.25) is 0 Å². The first-order valence-electron chi connectivity index (χ1n) is 7.92. The smallest absolute Gasteiger partial charge is 0.335 e. The third-order valence-electron chi connectivity index (χ3n) is 4.19. The summed E-state index contributed by atoms with van der Waals surface area (Å²) < 4.78 is 0. The van der Waals surface area contributed by atoms with Crippen LogP contribution in [0.3, 0.4) is 0 Å². The number of anilines is 1. The lowest BCUT2D eigenvalue weighted by molar-refractivity contribution is -0.144. The van der Waals surface area contributed by atoms with E-state index >= 15 is 0 Å². The number of benzene rings is 1. The van der Waals surface area contributed by atoms with Crippen molar-refractivity contribution in [3.05, 3.63) is 59.9 Å². The zero-order valence-corrected chi connectivity index (χ0v) is 14.2. The normalized spacial score (nSPS) is 20.2. The van der Waals surface area contributed by atoms with Crippen molar-refractivity contribution in [2.24, 2.45) is 0 Å². The van der Waals surface area contributed by atoms with E-state index in [1.807, 2.05) is 0 Å². The van der Waals surface area contributed by atoms with Gasteiger partial charge in [0.25, 0.3) is 11.6 Å². The number of aromatic carboxylic acids is 1. The van der Waals surface area contributed by atoms with Gasteiger partial charge in [0.15, 0.2) is 0 Å². The number of carbonyl (C=O) groups is 3. The van der Waals surface area contributed by atoms with E-state index in [2.05, 4.69) is 4.98 Å². The van der Waals surface area contributed by atoms with Crippen LogP contribution in [-0.4, -0.2) is 44.0 Å². The van der Waals surface area contributed by atoms with Crippen molar-refractivity contribution in [3.63, 3.8) is 0 Å². The van der Waals surface area contributed by atoms with E-state index in [1.165, 1.54) is 36.7 Å². The highest BCUT2D eigenvalue weighted by atomic mass is 16.4. The first kappa shape index (κ1) is 17.6. The van der Waals surface area contributed by atoms with E-state index in [9.17, 15) is 19.5 Å². The van der Waals surface area contributed by atoms with E-state index in [4.69, 9.17) is 5.11 Å². The van der Waals surface area contributed by atoms with Gasteiger partial charge in [-0.1, -0.05) is 12.1 Å². The number of urea groups is 1. The monoisotopic (exact) mass is 355 g/mol. The van der Waals surface area contributed by atoms with Crippen LogP contribution in [0.25, 0.3) is 0 Å². The SMILES string of the molecule is CC(C)N1C(=O)N(c2cccnc2)C(O)(c2ccc(C(=O)O)cc2)C1=O. The molecule has 2 heterocycles. The molecule has 0 spiro atoms. The van der Waals surface area contributed by atoms with E-state index < -0.39 is 29.7 Å². The summed E-state index contributed by atoms with van der Waals surface area (Å²) in [5.41, 5.74) is -1.95. The van der Waals surface area contributed by atoms with Gasteiger partial charge in [0, 0.05) is 17.8 Å². The molecule has 1 fully saturated rings. The molecule has 0 aliphatic carbocycles. The van der Waals surface area contributed by atoms with Crippen molar-refractivity contribution in [2.45, 2.75) is 25.6 Å². The van der Waals surface area contributed by atoms with Gasteiger partial charge in [-0.25, -0.2) is 9.59 Å². The topological polar surface area (TPSA) is 111 Å². The quantitative estimate of drug-likeness (QED) is 0.809. The molecule has 1 unspecified atom stereocenters. The number of aromatic nitrogens is 1. The Bertz CT molecular complexity index is 866. The second-order valence-electron chi connectivity index (χ2n) is 6.15. The van der Waals surface area contributed by atoms with Crippen LogP contribution < -0.4 is 4.90 Å². The van der Waals surface area contributed by atoms with Gasteiger partial charge < -0.3 is 10.2 Å². The molecule has 0 bridgehead atoms. The standard InChI is InChI=1S/C18H17N3O5/c1-11(2)20-16(24)18(26,13-7-5-12(6-8-13)15(22)23)21(17(20)25)14-4-3-9-19-10-14/h3-11,26H,1-2H3,(H,22,23). The second-order valence-corrected chi connectivity index (χ2v) is 6.15. The maximum atomic E-state index is 13.0. The molecule has 1 aromatic carbocycles. The van der Waals surface area contributed by atoms with Crippen molar-refractivity contribution in [3.8, 4) is 0 Å². The van der Waals surface area contributed by atoms with Gasteiger partial charge in [0.1, 0.15) is 0 Å². The Balaban J connectivity index is 2.18. The van der Waals surface area contributed by atoms with Gasteiger partial charge in [0.05, 0.1) is 17.4 Å². The van der Waals surface area contributed by atoms with Crippen LogP contribution in [0.1, 0.15) is 29.8 Å². The minimum absolute atomic E-state index is 0.00256. The van der Waals surface area contributed by atoms with Crippen molar-refractivity contribution >= 4 is 23.6 Å². The number of nitrogens with zero attached hydrogens (tertiary/aromatic N) is 3. The number of hydrogen-bond donors (Lipinski definition) is 2. The van der Waals surface area contributed by atoms with Gasteiger partial charge in [-0.3, -0.25) is 19.6 Å². The molecule has 1 aliphatic heterocycles. The molecule has 26 heavy (non-hydrogen) atoms. The summed E-state index contributed by atoms with van der Waals surface area (Å²) in [5.74, 6) is -1.94. The van der Waals surface area contributed by atoms with Crippen LogP contribution in [0, 0.1) is 0 Å². The third-order valence-corrected chi connectivity index (χ3v) is 4.19. The fraction of sp³-hybridized carbons (Fsp3) is 0.222. The minimum atomic E-state index is -2.29. The molecule has 8 nitrogen and oxygen atoms in total. The fourth-order valence-electron chi connectivity index (χ4n) is 2.93. The summed E-state index contributed by atoms with van der Waals surface area (Å²) in [7, 11) is 0. The summed E-state index contributed by atoms with van der Waals surface area (Å²) in [6, 6.07) is 7.17.